The van der Waals surface area contributed by atoms with E-state index in [0.29, 0.717) is 0 Å². The van der Waals surface area contributed by atoms with E-state index in [2.05, 4.69) is 0 Å². The van der Waals surface area contributed by atoms with Crippen molar-refractivity contribution in [3.05, 3.63) is 0 Å². The van der Waals surface area contributed by atoms with Crippen LogP contribution < -0.4 is 0 Å². The van der Waals surface area contributed by atoms with Crippen LogP contribution >= 0.6 is 0 Å². The van der Waals surface area contributed by atoms with Gasteiger partial charge in [-0.05, 0) is 19.1 Å². The average Bonchev–Trinajstić information content (AvgIpc) is 1.67. The molecule has 0 aliphatic rings. The van der Waals surface area contributed by atoms with Crippen molar-refractivity contribution in [3.8, 4) is 0 Å². The molecule has 0 aromatic heterocycles. The maximum Gasteiger partial charge on any atom is 0.199 e. The molecule has 0 amide bonds. The molecule has 0 aromatic carbocycles. The Labute approximate surface area is 52.8 Å². The first kappa shape index (κ1) is 8.35. The first-order valence-electron chi connectivity index (χ1n) is 2.91. The molecule has 0 aliphatic carbocycles. The van der Waals surface area contributed by atoms with E-state index < -0.39 is 16.4 Å². The van der Waals surface area contributed by atoms with E-state index in [1.807, 2.05) is 13.5 Å². The zero-order valence-electron chi connectivity index (χ0n) is 5.68. The molecule has 1 unspecified atom stereocenters. The van der Waals surface area contributed by atoms with Crippen LogP contribution in [0, 0.1) is 0 Å². The fourth-order valence-corrected chi connectivity index (χ4v) is 2.66. The van der Waals surface area contributed by atoms with Crippen LogP contribution in [0.5, 0.6) is 0 Å². The van der Waals surface area contributed by atoms with Crippen molar-refractivity contribution in [2.75, 3.05) is 0 Å². The minimum atomic E-state index is -2.06. The Hall–Kier alpha value is 0.354. The predicted molar refractivity (Wildman–Crippen MR) is 39.5 cm³/mol. The summed E-state index contributed by atoms with van der Waals surface area (Å²) in [6.07, 6.45) is 0. The summed E-state index contributed by atoms with van der Waals surface area (Å²) in [5, 5.41) is 0. The Kier molecular flexibility index (Phi) is 2.89. The molecule has 0 fully saturated rings. The molecular formula is C4H14O2Si2. The summed E-state index contributed by atoms with van der Waals surface area (Å²) in [4.78, 5) is 18.4. The van der Waals surface area contributed by atoms with Crippen LogP contribution in [0.25, 0.3) is 0 Å². The predicted octanol–water partition coefficient (Wildman–Crippen LogP) is -0.00180. The molecule has 2 N–H and O–H groups in total. The SMILES string of the molecule is CC[Si@](C)(O)[SiH](C)O. The zero-order valence-corrected chi connectivity index (χ0v) is 7.83. The highest BCUT2D eigenvalue weighted by Gasteiger charge is 2.29. The highest BCUT2D eigenvalue weighted by molar-refractivity contribution is 7.25. The van der Waals surface area contributed by atoms with Gasteiger partial charge in [0.05, 0.1) is 0 Å². The van der Waals surface area contributed by atoms with Gasteiger partial charge in [-0.3, -0.25) is 0 Å². The quantitative estimate of drug-likeness (QED) is 0.544. The molecule has 0 aromatic rings. The molecule has 0 saturated carbocycles. The zero-order chi connectivity index (χ0) is 6.78. The van der Waals surface area contributed by atoms with Crippen LogP contribution in [0.2, 0.25) is 19.1 Å². The minimum Gasteiger partial charge on any atom is -0.435 e. The Balaban J connectivity index is 3.71. The second kappa shape index (κ2) is 2.77. The topological polar surface area (TPSA) is 40.5 Å². The number of rotatable bonds is 2. The van der Waals surface area contributed by atoms with E-state index in [0.717, 1.165) is 6.04 Å². The number of hydrogen-bond donors (Lipinski definition) is 2. The van der Waals surface area contributed by atoms with Gasteiger partial charge in [-0.1, -0.05) is 6.92 Å². The van der Waals surface area contributed by atoms with Gasteiger partial charge < -0.3 is 9.59 Å². The first-order valence-corrected chi connectivity index (χ1v) is 9.04. The van der Waals surface area contributed by atoms with Gasteiger partial charge in [0.15, 0.2) is 16.4 Å². The fraction of sp³-hybridized carbons (Fsp3) is 1.00. The van der Waals surface area contributed by atoms with Crippen molar-refractivity contribution in [1.82, 2.24) is 0 Å². The normalized spacial score (nSPS) is 22.1. The summed E-state index contributed by atoms with van der Waals surface area (Å²) in [7, 11) is -3.75. The van der Waals surface area contributed by atoms with Crippen molar-refractivity contribution in [3.63, 3.8) is 0 Å². The lowest BCUT2D eigenvalue weighted by Gasteiger charge is -2.18. The minimum absolute atomic E-state index is 0.789. The second-order valence-corrected chi connectivity index (χ2v) is 13.4. The summed E-state index contributed by atoms with van der Waals surface area (Å²) >= 11 is 0. The second-order valence-electron chi connectivity index (χ2n) is 2.39. The van der Waals surface area contributed by atoms with Crippen LogP contribution in [0.4, 0.5) is 0 Å². The van der Waals surface area contributed by atoms with Gasteiger partial charge in [-0.15, -0.1) is 0 Å². The Bertz CT molecular complexity index is 72.4. The van der Waals surface area contributed by atoms with Gasteiger partial charge in [0.2, 0.25) is 0 Å². The van der Waals surface area contributed by atoms with Crippen LogP contribution in [0.15, 0.2) is 0 Å². The lowest BCUT2D eigenvalue weighted by molar-refractivity contribution is 0.531. The Morgan fingerprint density at radius 2 is 2.00 bits per heavy atom. The van der Waals surface area contributed by atoms with Gasteiger partial charge in [0.25, 0.3) is 0 Å². The smallest absolute Gasteiger partial charge is 0.199 e. The van der Waals surface area contributed by atoms with Crippen molar-refractivity contribution < 1.29 is 9.59 Å². The molecule has 8 heavy (non-hydrogen) atoms. The van der Waals surface area contributed by atoms with E-state index in [9.17, 15) is 4.80 Å². The van der Waals surface area contributed by atoms with Gasteiger partial charge in [0, 0.05) is 0 Å². The van der Waals surface area contributed by atoms with Gasteiger partial charge in [-0.2, -0.15) is 0 Å². The van der Waals surface area contributed by atoms with E-state index >= 15 is 0 Å². The standard InChI is InChI=1S/C4H14O2Si2/c1-4-8(3,6)7(2)5/h5-7H,4H2,1-3H3/t7?,8-/m1/s1. The molecule has 0 heterocycles. The van der Waals surface area contributed by atoms with Crippen molar-refractivity contribution in [1.29, 1.82) is 0 Å². The monoisotopic (exact) mass is 150 g/mol. The fourth-order valence-electron chi connectivity index (χ4n) is 0.295. The van der Waals surface area contributed by atoms with Crippen molar-refractivity contribution in [2.45, 2.75) is 26.1 Å². The molecule has 2 nitrogen and oxygen atoms in total. The summed E-state index contributed by atoms with van der Waals surface area (Å²) in [6, 6.07) is 0.789. The summed E-state index contributed by atoms with van der Waals surface area (Å²) in [5.74, 6) is 0. The number of hydrogen-bond acceptors (Lipinski definition) is 2. The van der Waals surface area contributed by atoms with Gasteiger partial charge in [0.1, 0.15) is 0 Å². The molecule has 0 radical (unpaired) electrons. The van der Waals surface area contributed by atoms with Crippen LogP contribution in [0.3, 0.4) is 0 Å². The van der Waals surface area contributed by atoms with Crippen molar-refractivity contribution >= 4 is 16.4 Å². The summed E-state index contributed by atoms with van der Waals surface area (Å²) < 4.78 is 0. The Morgan fingerprint density at radius 1 is 1.62 bits per heavy atom. The molecule has 0 bridgehead atoms. The van der Waals surface area contributed by atoms with E-state index in [1.165, 1.54) is 0 Å². The van der Waals surface area contributed by atoms with Crippen LogP contribution in [-0.2, 0) is 0 Å². The maximum absolute atomic E-state index is 9.35. The van der Waals surface area contributed by atoms with E-state index in [-0.39, 0.29) is 0 Å². The third-order valence-corrected chi connectivity index (χ3v) is 11.5. The van der Waals surface area contributed by atoms with E-state index in [4.69, 9.17) is 4.80 Å². The molecule has 0 rings (SSSR count). The average molecular weight is 150 g/mol. The van der Waals surface area contributed by atoms with Gasteiger partial charge in [-0.25, -0.2) is 0 Å². The highest BCUT2D eigenvalue weighted by atomic mass is 29.2. The summed E-state index contributed by atoms with van der Waals surface area (Å²) in [6.45, 7) is 5.55. The molecule has 4 heteroatoms. The third-order valence-electron chi connectivity index (χ3n) is 1.62. The highest BCUT2D eigenvalue weighted by Crippen LogP contribution is 2.05. The van der Waals surface area contributed by atoms with Crippen molar-refractivity contribution in [2.24, 2.45) is 0 Å². The largest absolute Gasteiger partial charge is 0.435 e. The lowest BCUT2D eigenvalue weighted by Crippen LogP contribution is -2.46. The molecular weight excluding hydrogens is 136 g/mol. The lowest BCUT2D eigenvalue weighted by atomic mass is 11.0. The van der Waals surface area contributed by atoms with E-state index in [1.54, 1.807) is 6.55 Å². The van der Waals surface area contributed by atoms with Gasteiger partial charge >= 0.3 is 0 Å². The molecule has 0 saturated heterocycles. The third kappa shape index (κ3) is 2.08. The maximum atomic E-state index is 9.35. The molecule has 0 spiro atoms. The van der Waals surface area contributed by atoms with Crippen LogP contribution in [0.1, 0.15) is 6.92 Å². The molecule has 50 valence electrons. The summed E-state index contributed by atoms with van der Waals surface area (Å²) in [5.41, 5.74) is 0. The first-order chi connectivity index (χ1) is 3.50. The van der Waals surface area contributed by atoms with Crippen LogP contribution in [-0.4, -0.2) is 26.0 Å². The Morgan fingerprint density at radius 3 is 2.00 bits per heavy atom. The molecule has 0 aliphatic heterocycles. The molecule has 2 atom stereocenters.